The topological polar surface area (TPSA) is 64.0 Å². The highest BCUT2D eigenvalue weighted by atomic mass is 35.5. The lowest BCUT2D eigenvalue weighted by atomic mass is 10.0. The molecule has 132 valence electrons. The molecule has 0 saturated heterocycles. The smallest absolute Gasteiger partial charge is 0.267 e. The molecular formula is C20H18ClN3O2. The minimum absolute atomic E-state index is 0.177. The first-order chi connectivity index (χ1) is 12.4. The monoisotopic (exact) mass is 367 g/mol. The summed E-state index contributed by atoms with van der Waals surface area (Å²) in [7, 11) is 0. The van der Waals surface area contributed by atoms with Crippen LogP contribution in [0, 0.1) is 13.8 Å². The van der Waals surface area contributed by atoms with E-state index in [2.05, 4.69) is 10.4 Å². The number of hydrogen-bond donors (Lipinski definition) is 1. The summed E-state index contributed by atoms with van der Waals surface area (Å²) >= 11 is 5.91. The maximum absolute atomic E-state index is 12.3. The predicted octanol–water partition coefficient (Wildman–Crippen LogP) is 3.82. The van der Waals surface area contributed by atoms with E-state index in [9.17, 15) is 9.59 Å². The Bertz CT molecular complexity index is 1030. The van der Waals surface area contributed by atoms with Crippen molar-refractivity contribution in [3.63, 3.8) is 0 Å². The third-order valence-corrected chi connectivity index (χ3v) is 4.17. The third kappa shape index (κ3) is 4.18. The van der Waals surface area contributed by atoms with Crippen molar-refractivity contribution in [3.8, 4) is 11.3 Å². The number of nitrogens with zero attached hydrogens (tertiary/aromatic N) is 2. The highest BCUT2D eigenvalue weighted by Gasteiger charge is 2.10. The number of nitrogens with one attached hydrogen (secondary N) is 1. The van der Waals surface area contributed by atoms with E-state index in [1.807, 2.05) is 32.0 Å². The standard InChI is InChI=1S/C20H18ClN3O2/c1-13-6-7-14(2)17(10-13)18-8-9-20(26)24(23-18)12-19(25)22-16-5-3-4-15(21)11-16/h3-11H,12H2,1-2H3,(H,22,25). The van der Waals surface area contributed by atoms with Crippen molar-refractivity contribution in [1.29, 1.82) is 0 Å². The van der Waals surface area contributed by atoms with Gasteiger partial charge >= 0.3 is 0 Å². The summed E-state index contributed by atoms with van der Waals surface area (Å²) < 4.78 is 1.16. The summed E-state index contributed by atoms with van der Waals surface area (Å²) in [6.07, 6.45) is 0. The summed E-state index contributed by atoms with van der Waals surface area (Å²) in [6.45, 7) is 3.80. The van der Waals surface area contributed by atoms with Crippen LogP contribution in [0.3, 0.4) is 0 Å². The van der Waals surface area contributed by atoms with Crippen molar-refractivity contribution < 1.29 is 4.79 Å². The molecule has 6 heteroatoms. The lowest BCUT2D eigenvalue weighted by molar-refractivity contribution is -0.117. The number of rotatable bonds is 4. The zero-order chi connectivity index (χ0) is 18.7. The van der Waals surface area contributed by atoms with Gasteiger partial charge in [-0.25, -0.2) is 4.68 Å². The molecule has 1 amide bonds. The molecule has 26 heavy (non-hydrogen) atoms. The number of carbonyl (C=O) groups is 1. The molecule has 0 spiro atoms. The Labute approximate surface area is 156 Å². The Morgan fingerprint density at radius 2 is 1.92 bits per heavy atom. The first-order valence-corrected chi connectivity index (χ1v) is 8.51. The second-order valence-electron chi connectivity index (χ2n) is 6.09. The minimum Gasteiger partial charge on any atom is -0.324 e. The van der Waals surface area contributed by atoms with Crippen molar-refractivity contribution in [2.45, 2.75) is 20.4 Å². The second-order valence-corrected chi connectivity index (χ2v) is 6.53. The maximum atomic E-state index is 12.3. The van der Waals surface area contributed by atoms with E-state index in [-0.39, 0.29) is 18.0 Å². The largest absolute Gasteiger partial charge is 0.324 e. The highest BCUT2D eigenvalue weighted by molar-refractivity contribution is 6.30. The minimum atomic E-state index is -0.347. The number of halogens is 1. The summed E-state index contributed by atoms with van der Waals surface area (Å²) in [5, 5.41) is 7.60. The number of anilines is 1. The van der Waals surface area contributed by atoms with Crippen LogP contribution in [0.1, 0.15) is 11.1 Å². The van der Waals surface area contributed by atoms with Crippen LogP contribution in [0.25, 0.3) is 11.3 Å². The number of aryl methyl sites for hydroxylation is 2. The van der Waals surface area contributed by atoms with Crippen LogP contribution < -0.4 is 10.9 Å². The van der Waals surface area contributed by atoms with E-state index >= 15 is 0 Å². The van der Waals surface area contributed by atoms with E-state index in [1.54, 1.807) is 30.3 Å². The number of amides is 1. The van der Waals surface area contributed by atoms with E-state index in [1.165, 1.54) is 6.07 Å². The fourth-order valence-electron chi connectivity index (χ4n) is 2.62. The zero-order valence-electron chi connectivity index (χ0n) is 14.5. The molecule has 0 radical (unpaired) electrons. The molecule has 3 rings (SSSR count). The van der Waals surface area contributed by atoms with E-state index in [0.29, 0.717) is 16.4 Å². The number of benzene rings is 2. The third-order valence-electron chi connectivity index (χ3n) is 3.94. The fourth-order valence-corrected chi connectivity index (χ4v) is 2.81. The van der Waals surface area contributed by atoms with Gasteiger partial charge < -0.3 is 5.32 Å². The van der Waals surface area contributed by atoms with Gasteiger partial charge in [0.05, 0.1) is 5.69 Å². The van der Waals surface area contributed by atoms with Crippen molar-refractivity contribution in [2.24, 2.45) is 0 Å². The molecule has 0 saturated carbocycles. The lowest BCUT2D eigenvalue weighted by Gasteiger charge is -2.10. The Kier molecular flexibility index (Phi) is 5.19. The van der Waals surface area contributed by atoms with Gasteiger partial charge in [-0.15, -0.1) is 0 Å². The van der Waals surface area contributed by atoms with E-state index < -0.39 is 0 Å². The molecule has 0 atom stereocenters. The molecule has 0 aliphatic rings. The molecular weight excluding hydrogens is 350 g/mol. The molecule has 3 aromatic rings. The molecule has 0 aliphatic heterocycles. The maximum Gasteiger partial charge on any atom is 0.267 e. The molecule has 2 aromatic carbocycles. The van der Waals surface area contributed by atoms with Gasteiger partial charge in [-0.05, 0) is 49.7 Å². The average molecular weight is 368 g/mol. The van der Waals surface area contributed by atoms with Crippen LogP contribution in [0.5, 0.6) is 0 Å². The Hall–Kier alpha value is -2.92. The molecule has 1 heterocycles. The Morgan fingerprint density at radius 3 is 2.69 bits per heavy atom. The van der Waals surface area contributed by atoms with Crippen molar-refractivity contribution in [2.75, 3.05) is 5.32 Å². The summed E-state index contributed by atoms with van der Waals surface area (Å²) in [4.78, 5) is 24.4. The van der Waals surface area contributed by atoms with Crippen LogP contribution in [-0.4, -0.2) is 15.7 Å². The molecule has 1 aromatic heterocycles. The number of carbonyl (C=O) groups excluding carboxylic acids is 1. The van der Waals surface area contributed by atoms with Gasteiger partial charge in [0, 0.05) is 22.3 Å². The molecule has 0 unspecified atom stereocenters. The normalized spacial score (nSPS) is 10.6. The Balaban J connectivity index is 1.85. The predicted molar refractivity (Wildman–Crippen MR) is 103 cm³/mol. The fraction of sp³-hybridized carbons (Fsp3) is 0.150. The first kappa shape index (κ1) is 17.9. The van der Waals surface area contributed by atoms with Crippen molar-refractivity contribution in [3.05, 3.63) is 81.1 Å². The molecule has 1 N–H and O–H groups in total. The average Bonchev–Trinajstić information content (AvgIpc) is 2.59. The van der Waals surface area contributed by atoms with Crippen molar-refractivity contribution >= 4 is 23.2 Å². The lowest BCUT2D eigenvalue weighted by Crippen LogP contribution is -2.29. The van der Waals surface area contributed by atoms with Crippen LogP contribution in [0.2, 0.25) is 5.02 Å². The summed E-state index contributed by atoms with van der Waals surface area (Å²) in [6, 6.07) is 16.0. The van der Waals surface area contributed by atoms with Crippen LogP contribution in [-0.2, 0) is 11.3 Å². The van der Waals surface area contributed by atoms with Crippen molar-refractivity contribution in [1.82, 2.24) is 9.78 Å². The van der Waals surface area contributed by atoms with E-state index in [0.717, 1.165) is 21.4 Å². The van der Waals surface area contributed by atoms with Gasteiger partial charge in [0.1, 0.15) is 6.54 Å². The first-order valence-electron chi connectivity index (χ1n) is 8.13. The van der Waals surface area contributed by atoms with E-state index in [4.69, 9.17) is 11.6 Å². The quantitative estimate of drug-likeness (QED) is 0.762. The highest BCUT2D eigenvalue weighted by Crippen LogP contribution is 2.21. The van der Waals surface area contributed by atoms with Gasteiger partial charge in [-0.3, -0.25) is 9.59 Å². The van der Waals surface area contributed by atoms with Crippen LogP contribution >= 0.6 is 11.6 Å². The summed E-state index contributed by atoms with van der Waals surface area (Å²) in [5.74, 6) is -0.347. The zero-order valence-corrected chi connectivity index (χ0v) is 15.2. The van der Waals surface area contributed by atoms with Crippen LogP contribution in [0.15, 0.2) is 59.4 Å². The second kappa shape index (κ2) is 7.54. The number of hydrogen-bond acceptors (Lipinski definition) is 3. The Morgan fingerprint density at radius 1 is 1.12 bits per heavy atom. The molecule has 0 bridgehead atoms. The molecule has 5 nitrogen and oxygen atoms in total. The number of aromatic nitrogens is 2. The van der Waals surface area contributed by atoms with Gasteiger partial charge in [0.2, 0.25) is 5.91 Å². The van der Waals surface area contributed by atoms with Gasteiger partial charge in [0.25, 0.3) is 5.56 Å². The molecule has 0 aliphatic carbocycles. The van der Waals surface area contributed by atoms with Crippen LogP contribution in [0.4, 0.5) is 5.69 Å². The molecule has 0 fully saturated rings. The summed E-state index contributed by atoms with van der Waals surface area (Å²) in [5.41, 5.74) is 3.98. The SMILES string of the molecule is Cc1ccc(C)c(-c2ccc(=O)n(CC(=O)Nc3cccc(Cl)c3)n2)c1. The van der Waals surface area contributed by atoms with Gasteiger partial charge in [-0.1, -0.05) is 35.4 Å². The van der Waals surface area contributed by atoms with Gasteiger partial charge in [-0.2, -0.15) is 5.10 Å². The van der Waals surface area contributed by atoms with Gasteiger partial charge in [0.15, 0.2) is 0 Å².